The van der Waals surface area contributed by atoms with Crippen LogP contribution in [0, 0.1) is 0 Å². The average Bonchev–Trinajstić information content (AvgIpc) is 2.37. The highest BCUT2D eigenvalue weighted by Crippen LogP contribution is 2.17. The molecule has 0 spiro atoms. The molecule has 0 saturated carbocycles. The van der Waals surface area contributed by atoms with E-state index < -0.39 is 0 Å². The Kier molecular flexibility index (Phi) is 3.17. The normalized spacial score (nSPS) is 9.83. The molecule has 1 aromatic heterocycles. The SMILES string of the molecule is CCOC(=O)Cc1occc1Cl. The van der Waals surface area contributed by atoms with Gasteiger partial charge in [-0.15, -0.1) is 0 Å². The number of halogens is 1. The molecule has 0 radical (unpaired) electrons. The zero-order valence-electron chi connectivity index (χ0n) is 6.67. The minimum absolute atomic E-state index is 0.0969. The molecular formula is C8H9ClO3. The third-order valence-corrected chi connectivity index (χ3v) is 1.64. The molecule has 0 bridgehead atoms. The van der Waals surface area contributed by atoms with Crippen molar-refractivity contribution in [1.82, 2.24) is 0 Å². The number of carbonyl (C=O) groups excluding carboxylic acids is 1. The summed E-state index contributed by atoms with van der Waals surface area (Å²) in [7, 11) is 0. The van der Waals surface area contributed by atoms with Gasteiger partial charge < -0.3 is 9.15 Å². The van der Waals surface area contributed by atoms with E-state index in [0.717, 1.165) is 0 Å². The topological polar surface area (TPSA) is 39.4 Å². The fourth-order valence-corrected chi connectivity index (χ4v) is 0.957. The molecular weight excluding hydrogens is 180 g/mol. The van der Waals surface area contributed by atoms with Crippen LogP contribution in [0.1, 0.15) is 12.7 Å². The Morgan fingerprint density at radius 3 is 3.00 bits per heavy atom. The van der Waals surface area contributed by atoms with Crippen LogP contribution in [0.4, 0.5) is 0 Å². The predicted molar refractivity (Wildman–Crippen MR) is 44.1 cm³/mol. The zero-order chi connectivity index (χ0) is 8.97. The molecule has 1 heterocycles. The third kappa shape index (κ3) is 2.27. The summed E-state index contributed by atoms with van der Waals surface area (Å²) >= 11 is 5.68. The van der Waals surface area contributed by atoms with Gasteiger partial charge >= 0.3 is 5.97 Å². The van der Waals surface area contributed by atoms with Crippen molar-refractivity contribution in [3.63, 3.8) is 0 Å². The van der Waals surface area contributed by atoms with E-state index in [9.17, 15) is 4.79 Å². The molecule has 3 nitrogen and oxygen atoms in total. The summed E-state index contributed by atoms with van der Waals surface area (Å²) in [6.07, 6.45) is 1.54. The van der Waals surface area contributed by atoms with Crippen molar-refractivity contribution in [2.24, 2.45) is 0 Å². The fourth-order valence-electron chi connectivity index (χ4n) is 0.794. The summed E-state index contributed by atoms with van der Waals surface area (Å²) in [5, 5.41) is 0.461. The van der Waals surface area contributed by atoms with Gasteiger partial charge in [0.05, 0.1) is 17.9 Å². The summed E-state index contributed by atoms with van der Waals surface area (Å²) in [6, 6.07) is 1.59. The minimum atomic E-state index is -0.325. The van der Waals surface area contributed by atoms with Crippen molar-refractivity contribution in [3.8, 4) is 0 Å². The van der Waals surface area contributed by atoms with Crippen molar-refractivity contribution >= 4 is 17.6 Å². The number of hydrogen-bond donors (Lipinski definition) is 0. The molecule has 0 aliphatic rings. The molecule has 0 unspecified atom stereocenters. The molecule has 0 fully saturated rings. The van der Waals surface area contributed by atoms with Crippen LogP contribution in [0.2, 0.25) is 5.02 Å². The monoisotopic (exact) mass is 188 g/mol. The lowest BCUT2D eigenvalue weighted by Gasteiger charge is -1.98. The number of rotatable bonds is 3. The number of furan rings is 1. The maximum Gasteiger partial charge on any atom is 0.313 e. The molecule has 1 aromatic rings. The number of ether oxygens (including phenoxy) is 1. The van der Waals surface area contributed by atoms with Crippen LogP contribution >= 0.6 is 11.6 Å². The number of esters is 1. The minimum Gasteiger partial charge on any atom is -0.467 e. The first kappa shape index (κ1) is 9.13. The highest BCUT2D eigenvalue weighted by Gasteiger charge is 2.09. The second kappa shape index (κ2) is 4.16. The Bertz CT molecular complexity index is 267. The lowest BCUT2D eigenvalue weighted by Crippen LogP contribution is -2.06. The highest BCUT2D eigenvalue weighted by atomic mass is 35.5. The van der Waals surface area contributed by atoms with Crippen LogP contribution in [-0.2, 0) is 16.0 Å². The Hall–Kier alpha value is -0.960. The van der Waals surface area contributed by atoms with E-state index in [0.29, 0.717) is 17.4 Å². The standard InChI is InChI=1S/C8H9ClO3/c1-2-11-8(10)5-7-6(9)3-4-12-7/h3-4H,2,5H2,1H3. The largest absolute Gasteiger partial charge is 0.467 e. The molecule has 0 aliphatic heterocycles. The van der Waals surface area contributed by atoms with Crippen molar-refractivity contribution in [3.05, 3.63) is 23.1 Å². The van der Waals surface area contributed by atoms with Gasteiger partial charge in [0.15, 0.2) is 0 Å². The average molecular weight is 189 g/mol. The second-order valence-corrected chi connectivity index (χ2v) is 2.58. The molecule has 12 heavy (non-hydrogen) atoms. The van der Waals surface area contributed by atoms with Crippen LogP contribution in [-0.4, -0.2) is 12.6 Å². The van der Waals surface area contributed by atoms with Crippen molar-refractivity contribution in [2.75, 3.05) is 6.61 Å². The highest BCUT2D eigenvalue weighted by molar-refractivity contribution is 6.31. The molecule has 0 atom stereocenters. The van der Waals surface area contributed by atoms with E-state index in [1.54, 1.807) is 13.0 Å². The predicted octanol–water partition coefficient (Wildman–Crippen LogP) is 2.04. The van der Waals surface area contributed by atoms with E-state index in [-0.39, 0.29) is 12.4 Å². The van der Waals surface area contributed by atoms with Crippen LogP contribution in [0.15, 0.2) is 16.7 Å². The van der Waals surface area contributed by atoms with Crippen molar-refractivity contribution in [1.29, 1.82) is 0 Å². The molecule has 0 amide bonds. The molecule has 0 saturated heterocycles. The summed E-state index contributed by atoms with van der Waals surface area (Å²) in [5.41, 5.74) is 0. The molecule has 66 valence electrons. The molecule has 4 heteroatoms. The molecule has 0 N–H and O–H groups in total. The van der Waals surface area contributed by atoms with Crippen LogP contribution in [0.3, 0.4) is 0 Å². The quantitative estimate of drug-likeness (QED) is 0.682. The van der Waals surface area contributed by atoms with E-state index in [1.165, 1.54) is 6.26 Å². The lowest BCUT2D eigenvalue weighted by molar-refractivity contribution is -0.142. The smallest absolute Gasteiger partial charge is 0.313 e. The van der Waals surface area contributed by atoms with Gasteiger partial charge in [-0.2, -0.15) is 0 Å². The second-order valence-electron chi connectivity index (χ2n) is 2.17. The van der Waals surface area contributed by atoms with Gasteiger partial charge in [0.25, 0.3) is 0 Å². The van der Waals surface area contributed by atoms with Gasteiger partial charge in [-0.3, -0.25) is 4.79 Å². The summed E-state index contributed by atoms with van der Waals surface area (Å²) in [5.74, 6) is 0.129. The van der Waals surface area contributed by atoms with Crippen molar-refractivity contribution in [2.45, 2.75) is 13.3 Å². The van der Waals surface area contributed by atoms with Crippen LogP contribution < -0.4 is 0 Å². The van der Waals surface area contributed by atoms with E-state index in [1.807, 2.05) is 0 Å². The number of carbonyl (C=O) groups is 1. The van der Waals surface area contributed by atoms with E-state index in [2.05, 4.69) is 0 Å². The Morgan fingerprint density at radius 1 is 1.75 bits per heavy atom. The summed E-state index contributed by atoms with van der Waals surface area (Å²) < 4.78 is 9.66. The molecule has 1 rings (SSSR count). The summed E-state index contributed by atoms with van der Waals surface area (Å²) in [4.78, 5) is 10.9. The Labute approximate surface area is 75.3 Å². The first-order chi connectivity index (χ1) is 5.74. The van der Waals surface area contributed by atoms with E-state index >= 15 is 0 Å². The maximum absolute atomic E-state index is 10.9. The number of hydrogen-bond acceptors (Lipinski definition) is 3. The first-order valence-corrected chi connectivity index (χ1v) is 3.99. The Balaban J connectivity index is 2.52. The molecule has 0 aliphatic carbocycles. The van der Waals surface area contributed by atoms with Gasteiger partial charge in [-0.05, 0) is 13.0 Å². The van der Waals surface area contributed by atoms with Gasteiger partial charge in [-0.25, -0.2) is 0 Å². The van der Waals surface area contributed by atoms with Gasteiger partial charge in [0.2, 0.25) is 0 Å². The lowest BCUT2D eigenvalue weighted by atomic mass is 10.3. The van der Waals surface area contributed by atoms with Gasteiger partial charge in [0, 0.05) is 0 Å². The molecule has 0 aromatic carbocycles. The first-order valence-electron chi connectivity index (χ1n) is 3.61. The maximum atomic E-state index is 10.9. The summed E-state index contributed by atoms with van der Waals surface area (Å²) in [6.45, 7) is 2.12. The van der Waals surface area contributed by atoms with Crippen LogP contribution in [0.25, 0.3) is 0 Å². The van der Waals surface area contributed by atoms with Gasteiger partial charge in [0.1, 0.15) is 12.2 Å². The van der Waals surface area contributed by atoms with Crippen LogP contribution in [0.5, 0.6) is 0 Å². The van der Waals surface area contributed by atoms with Gasteiger partial charge in [-0.1, -0.05) is 11.6 Å². The third-order valence-electron chi connectivity index (χ3n) is 1.30. The van der Waals surface area contributed by atoms with E-state index in [4.69, 9.17) is 20.8 Å². The van der Waals surface area contributed by atoms with Crippen molar-refractivity contribution < 1.29 is 13.9 Å². The Morgan fingerprint density at radius 2 is 2.50 bits per heavy atom. The fraction of sp³-hybridized carbons (Fsp3) is 0.375. The zero-order valence-corrected chi connectivity index (χ0v) is 7.43.